The standard InChI is InChI=1S/C17H22Cl2N2/c1-12-2-4-13(5-3-12)11-21-16-10-14(19)6-7-15(16)20-17(21)8-9-18/h6-7,10,12-13H,2-5,8-9,11H2,1H3. The van der Waals surface area contributed by atoms with Gasteiger partial charge in [0.25, 0.3) is 0 Å². The Morgan fingerprint density at radius 2 is 2.00 bits per heavy atom. The van der Waals surface area contributed by atoms with Gasteiger partial charge in [-0.25, -0.2) is 4.98 Å². The van der Waals surface area contributed by atoms with Crippen molar-refractivity contribution in [1.29, 1.82) is 0 Å². The minimum Gasteiger partial charge on any atom is -0.328 e. The topological polar surface area (TPSA) is 17.8 Å². The van der Waals surface area contributed by atoms with Crippen molar-refractivity contribution in [2.45, 2.75) is 45.6 Å². The third-order valence-electron chi connectivity index (χ3n) is 4.68. The van der Waals surface area contributed by atoms with Gasteiger partial charge in [-0.1, -0.05) is 31.4 Å². The Labute approximate surface area is 136 Å². The monoisotopic (exact) mass is 324 g/mol. The molecule has 114 valence electrons. The van der Waals surface area contributed by atoms with Gasteiger partial charge in [0.1, 0.15) is 5.82 Å². The number of hydrogen-bond donors (Lipinski definition) is 0. The van der Waals surface area contributed by atoms with Gasteiger partial charge < -0.3 is 4.57 Å². The van der Waals surface area contributed by atoms with Crippen molar-refractivity contribution in [1.82, 2.24) is 9.55 Å². The van der Waals surface area contributed by atoms with E-state index in [1.54, 1.807) is 0 Å². The van der Waals surface area contributed by atoms with Crippen LogP contribution in [0.25, 0.3) is 11.0 Å². The van der Waals surface area contributed by atoms with Gasteiger partial charge >= 0.3 is 0 Å². The molecule has 0 atom stereocenters. The van der Waals surface area contributed by atoms with Crippen molar-refractivity contribution in [2.24, 2.45) is 11.8 Å². The predicted octanol–water partition coefficient (Wildman–Crippen LogP) is 5.30. The van der Waals surface area contributed by atoms with E-state index in [1.165, 1.54) is 25.7 Å². The maximum absolute atomic E-state index is 6.17. The average molecular weight is 325 g/mol. The van der Waals surface area contributed by atoms with Gasteiger partial charge in [-0.05, 0) is 42.9 Å². The molecular formula is C17H22Cl2N2. The molecule has 0 unspecified atom stereocenters. The molecule has 3 rings (SSSR count). The molecule has 1 aliphatic rings. The Bertz CT molecular complexity index is 613. The van der Waals surface area contributed by atoms with Gasteiger partial charge in [-0.15, -0.1) is 11.6 Å². The second-order valence-electron chi connectivity index (χ2n) is 6.34. The molecule has 0 radical (unpaired) electrons. The van der Waals surface area contributed by atoms with E-state index in [-0.39, 0.29) is 0 Å². The van der Waals surface area contributed by atoms with Crippen LogP contribution in [0.4, 0.5) is 0 Å². The molecule has 2 aromatic rings. The Kier molecular flexibility index (Phi) is 4.75. The Morgan fingerprint density at radius 3 is 2.71 bits per heavy atom. The summed E-state index contributed by atoms with van der Waals surface area (Å²) >= 11 is 12.1. The summed E-state index contributed by atoms with van der Waals surface area (Å²) in [4.78, 5) is 4.74. The quantitative estimate of drug-likeness (QED) is 0.698. The number of nitrogens with zero attached hydrogens (tertiary/aromatic N) is 2. The van der Waals surface area contributed by atoms with Crippen molar-refractivity contribution in [3.05, 3.63) is 29.0 Å². The van der Waals surface area contributed by atoms with E-state index in [0.29, 0.717) is 5.88 Å². The molecule has 1 heterocycles. The lowest BCUT2D eigenvalue weighted by Gasteiger charge is -2.27. The average Bonchev–Trinajstić information content (AvgIpc) is 2.79. The molecule has 21 heavy (non-hydrogen) atoms. The van der Waals surface area contributed by atoms with Crippen LogP contribution >= 0.6 is 23.2 Å². The lowest BCUT2D eigenvalue weighted by atomic mass is 9.83. The SMILES string of the molecule is CC1CCC(Cn2c(CCCl)nc3ccc(Cl)cc32)CC1. The summed E-state index contributed by atoms with van der Waals surface area (Å²) in [7, 11) is 0. The fraction of sp³-hybridized carbons (Fsp3) is 0.588. The first kappa shape index (κ1) is 15.2. The van der Waals surface area contributed by atoms with Crippen LogP contribution in [0.15, 0.2) is 18.2 Å². The first-order chi connectivity index (χ1) is 10.2. The molecule has 4 heteroatoms. The van der Waals surface area contributed by atoms with E-state index in [9.17, 15) is 0 Å². The summed E-state index contributed by atoms with van der Waals surface area (Å²) in [6.45, 7) is 3.41. The van der Waals surface area contributed by atoms with Gasteiger partial charge in [-0.3, -0.25) is 0 Å². The van der Waals surface area contributed by atoms with Crippen LogP contribution in [0.3, 0.4) is 0 Å². The molecule has 0 amide bonds. The maximum Gasteiger partial charge on any atom is 0.111 e. The fourth-order valence-electron chi connectivity index (χ4n) is 3.39. The normalized spacial score (nSPS) is 22.8. The van der Waals surface area contributed by atoms with Gasteiger partial charge in [0, 0.05) is 23.9 Å². The van der Waals surface area contributed by atoms with Crippen LogP contribution in [0.2, 0.25) is 5.02 Å². The van der Waals surface area contributed by atoms with Crippen LogP contribution in [0, 0.1) is 11.8 Å². The summed E-state index contributed by atoms with van der Waals surface area (Å²) < 4.78 is 2.35. The highest BCUT2D eigenvalue weighted by Crippen LogP contribution is 2.31. The number of benzene rings is 1. The van der Waals surface area contributed by atoms with Crippen molar-refractivity contribution < 1.29 is 0 Å². The van der Waals surface area contributed by atoms with E-state index < -0.39 is 0 Å². The smallest absolute Gasteiger partial charge is 0.111 e. The van der Waals surface area contributed by atoms with Gasteiger partial charge in [0.2, 0.25) is 0 Å². The first-order valence-corrected chi connectivity index (χ1v) is 8.79. The number of aryl methyl sites for hydroxylation is 1. The molecular weight excluding hydrogens is 303 g/mol. The van der Waals surface area contributed by atoms with Crippen LogP contribution in [-0.2, 0) is 13.0 Å². The second-order valence-corrected chi connectivity index (χ2v) is 7.15. The molecule has 0 spiro atoms. The third-order valence-corrected chi connectivity index (χ3v) is 5.11. The number of halogens is 2. The zero-order chi connectivity index (χ0) is 14.8. The lowest BCUT2D eigenvalue weighted by molar-refractivity contribution is 0.265. The second kappa shape index (κ2) is 6.58. The third kappa shape index (κ3) is 3.37. The zero-order valence-electron chi connectivity index (χ0n) is 12.5. The Morgan fingerprint density at radius 1 is 1.24 bits per heavy atom. The van der Waals surface area contributed by atoms with Crippen LogP contribution in [-0.4, -0.2) is 15.4 Å². The Balaban J connectivity index is 1.91. The lowest BCUT2D eigenvalue weighted by Crippen LogP contribution is -2.19. The molecule has 0 bridgehead atoms. The summed E-state index contributed by atoms with van der Waals surface area (Å²) in [5, 5.41) is 0.776. The summed E-state index contributed by atoms with van der Waals surface area (Å²) in [5.74, 6) is 3.35. The molecule has 2 nitrogen and oxygen atoms in total. The highest BCUT2D eigenvalue weighted by molar-refractivity contribution is 6.31. The molecule has 1 aromatic carbocycles. The predicted molar refractivity (Wildman–Crippen MR) is 90.3 cm³/mol. The molecule has 1 saturated carbocycles. The largest absolute Gasteiger partial charge is 0.328 e. The van der Waals surface area contributed by atoms with Crippen molar-refractivity contribution >= 4 is 34.2 Å². The highest BCUT2D eigenvalue weighted by atomic mass is 35.5. The molecule has 1 aliphatic carbocycles. The van der Waals surface area contributed by atoms with Crippen molar-refractivity contribution in [2.75, 3.05) is 5.88 Å². The molecule has 0 saturated heterocycles. The number of imidazole rings is 1. The summed E-state index contributed by atoms with van der Waals surface area (Å²) in [6.07, 6.45) is 6.16. The minimum absolute atomic E-state index is 0.610. The van der Waals surface area contributed by atoms with Gasteiger partial charge in [0.15, 0.2) is 0 Å². The molecule has 0 aliphatic heterocycles. The molecule has 1 fully saturated rings. The van der Waals surface area contributed by atoms with Crippen molar-refractivity contribution in [3.63, 3.8) is 0 Å². The first-order valence-electron chi connectivity index (χ1n) is 7.88. The molecule has 0 N–H and O–H groups in total. The van der Waals surface area contributed by atoms with Gasteiger partial charge in [0.05, 0.1) is 11.0 Å². The van der Waals surface area contributed by atoms with E-state index in [4.69, 9.17) is 28.2 Å². The maximum atomic E-state index is 6.17. The van der Waals surface area contributed by atoms with E-state index in [1.807, 2.05) is 18.2 Å². The van der Waals surface area contributed by atoms with Gasteiger partial charge in [-0.2, -0.15) is 0 Å². The minimum atomic E-state index is 0.610. The zero-order valence-corrected chi connectivity index (χ0v) is 14.0. The molecule has 1 aromatic heterocycles. The summed E-state index contributed by atoms with van der Waals surface area (Å²) in [5.41, 5.74) is 2.19. The Hall–Kier alpha value is -0.730. The fourth-order valence-corrected chi connectivity index (χ4v) is 3.73. The highest BCUT2D eigenvalue weighted by Gasteiger charge is 2.21. The van der Waals surface area contributed by atoms with Crippen LogP contribution in [0.5, 0.6) is 0 Å². The number of rotatable bonds is 4. The van der Waals surface area contributed by atoms with Crippen LogP contribution < -0.4 is 0 Å². The number of aromatic nitrogens is 2. The van der Waals surface area contributed by atoms with Crippen molar-refractivity contribution in [3.8, 4) is 0 Å². The van der Waals surface area contributed by atoms with Crippen LogP contribution in [0.1, 0.15) is 38.4 Å². The van der Waals surface area contributed by atoms with E-state index in [2.05, 4.69) is 11.5 Å². The number of fused-ring (bicyclic) bond motifs is 1. The number of hydrogen-bond acceptors (Lipinski definition) is 1. The van der Waals surface area contributed by atoms with E-state index >= 15 is 0 Å². The van der Waals surface area contributed by atoms with E-state index in [0.717, 1.165) is 46.7 Å². The number of alkyl halides is 1. The summed E-state index contributed by atoms with van der Waals surface area (Å²) in [6, 6.07) is 5.95.